The van der Waals surface area contributed by atoms with Gasteiger partial charge >= 0.3 is 0 Å². The van der Waals surface area contributed by atoms with E-state index in [1.807, 2.05) is 23.6 Å². The molecule has 1 saturated carbocycles. The monoisotopic (exact) mass is 904 g/mol. The van der Waals surface area contributed by atoms with Gasteiger partial charge in [0.15, 0.2) is 16.7 Å². The Morgan fingerprint density at radius 1 is 0.968 bits per heavy atom. The molecule has 2 fully saturated rings. The van der Waals surface area contributed by atoms with Crippen LogP contribution < -0.4 is 31.3 Å². The van der Waals surface area contributed by atoms with Crippen LogP contribution in [0.15, 0.2) is 66.2 Å². The lowest BCUT2D eigenvalue weighted by Gasteiger charge is -2.39. The van der Waals surface area contributed by atoms with E-state index in [2.05, 4.69) is 31.6 Å². The smallest absolute Gasteiger partial charge is 0.255 e. The number of thiazole rings is 1. The Kier molecular flexibility index (Phi) is 15.7. The second kappa shape index (κ2) is 21.7. The molecule has 4 heterocycles. The van der Waals surface area contributed by atoms with Crippen LogP contribution >= 0.6 is 22.9 Å². The molecule has 0 spiro atoms. The summed E-state index contributed by atoms with van der Waals surface area (Å²) in [6.07, 6.45) is 4.61. The molecule has 63 heavy (non-hydrogen) atoms. The molecular weight excluding hydrogens is 855 g/mol. The number of anilines is 3. The summed E-state index contributed by atoms with van der Waals surface area (Å²) in [6, 6.07) is 14.7. The summed E-state index contributed by atoms with van der Waals surface area (Å²) in [6.45, 7) is 2.98. The molecule has 7 rings (SSSR count). The van der Waals surface area contributed by atoms with Crippen molar-refractivity contribution in [2.75, 3.05) is 56.7 Å². The number of hydrogen-bond donors (Lipinski definition) is 5. The topological polar surface area (TPSA) is 202 Å². The fourth-order valence-electron chi connectivity index (χ4n) is 7.97. The highest BCUT2D eigenvalue weighted by Crippen LogP contribution is 2.41. The highest BCUT2D eigenvalue weighted by atomic mass is 35.5. The van der Waals surface area contributed by atoms with Gasteiger partial charge in [0.05, 0.1) is 49.4 Å². The lowest BCUT2D eigenvalue weighted by atomic mass is 9.69. The van der Waals surface area contributed by atoms with Crippen molar-refractivity contribution in [2.24, 2.45) is 5.41 Å². The van der Waals surface area contributed by atoms with Crippen molar-refractivity contribution in [3.05, 3.63) is 93.8 Å². The first-order chi connectivity index (χ1) is 30.6. The number of ether oxygens (including phenoxy) is 3. The predicted molar refractivity (Wildman–Crippen MR) is 233 cm³/mol. The van der Waals surface area contributed by atoms with Crippen LogP contribution in [0.4, 0.5) is 21.0 Å². The molecule has 4 aromatic rings. The number of nitrogens with one attached hydrogen (secondary N) is 5. The molecule has 1 saturated heterocycles. The van der Waals surface area contributed by atoms with E-state index in [9.17, 15) is 28.4 Å². The number of halogens is 2. The third-order valence-corrected chi connectivity index (χ3v) is 12.2. The highest BCUT2D eigenvalue weighted by Gasteiger charge is 2.43. The van der Waals surface area contributed by atoms with Crippen molar-refractivity contribution < 1.29 is 42.6 Å². The SMILES string of the molecule is O=C1CCC(N2Cc3cc(NC(=O)CCOCCOCCNCCNC(=O)[C@]4(Cc5cccc(Nc6nccs6)n5)CC[C@@H](Oc5cccc(Cl)c5F)CC4)ccc3C2=O)C(=O)N1. The Labute approximate surface area is 373 Å². The highest BCUT2D eigenvalue weighted by molar-refractivity contribution is 7.13. The molecule has 1 unspecified atom stereocenters. The minimum absolute atomic E-state index is 0.00138. The number of fused-ring (bicyclic) bond motifs is 1. The van der Waals surface area contributed by atoms with Gasteiger partial charge in [-0.05, 0) is 80.1 Å². The van der Waals surface area contributed by atoms with E-state index in [1.54, 1.807) is 36.5 Å². The molecule has 16 nitrogen and oxygen atoms in total. The van der Waals surface area contributed by atoms with E-state index in [-0.39, 0.29) is 72.9 Å². The number of benzene rings is 2. The van der Waals surface area contributed by atoms with Crippen LogP contribution in [0.5, 0.6) is 5.75 Å². The van der Waals surface area contributed by atoms with Gasteiger partial charge in [-0.15, -0.1) is 11.3 Å². The lowest BCUT2D eigenvalue weighted by molar-refractivity contribution is -0.137. The predicted octanol–water partition coefficient (Wildman–Crippen LogP) is 5.15. The molecule has 2 aliphatic heterocycles. The quantitative estimate of drug-likeness (QED) is 0.0545. The van der Waals surface area contributed by atoms with Gasteiger partial charge in [-0.1, -0.05) is 23.7 Å². The van der Waals surface area contributed by atoms with Crippen molar-refractivity contribution in [1.82, 2.24) is 30.8 Å². The summed E-state index contributed by atoms with van der Waals surface area (Å²) in [7, 11) is 0. The second-order valence-corrected chi connectivity index (χ2v) is 16.9. The molecular formula is C44H50ClFN8O8S. The fraction of sp³-hybridized carbons (Fsp3) is 0.432. The van der Waals surface area contributed by atoms with Crippen LogP contribution in [0.1, 0.15) is 66.6 Å². The zero-order valence-corrected chi connectivity index (χ0v) is 36.2. The molecule has 2 aromatic carbocycles. The molecule has 3 aliphatic rings. The Hall–Kier alpha value is -5.53. The van der Waals surface area contributed by atoms with E-state index in [0.29, 0.717) is 94.2 Å². The van der Waals surface area contributed by atoms with Crippen molar-refractivity contribution >= 4 is 69.1 Å². The van der Waals surface area contributed by atoms with Crippen LogP contribution in [-0.4, -0.2) is 103 Å². The first-order valence-corrected chi connectivity index (χ1v) is 22.3. The minimum atomic E-state index is -0.740. The summed E-state index contributed by atoms with van der Waals surface area (Å²) in [5.74, 6) is -1.25. The molecule has 2 aromatic heterocycles. The van der Waals surface area contributed by atoms with E-state index >= 15 is 0 Å². The summed E-state index contributed by atoms with van der Waals surface area (Å²) in [4.78, 5) is 73.8. The maximum Gasteiger partial charge on any atom is 0.255 e. The zero-order chi connectivity index (χ0) is 44.2. The number of carbonyl (C=O) groups is 5. The van der Waals surface area contributed by atoms with Gasteiger partial charge in [0.1, 0.15) is 11.9 Å². The largest absolute Gasteiger partial charge is 0.487 e. The van der Waals surface area contributed by atoms with E-state index in [1.165, 1.54) is 22.3 Å². The van der Waals surface area contributed by atoms with Gasteiger partial charge < -0.3 is 40.4 Å². The molecule has 0 bridgehead atoms. The third kappa shape index (κ3) is 12.1. The number of nitrogens with zero attached hydrogens (tertiary/aromatic N) is 3. The summed E-state index contributed by atoms with van der Waals surface area (Å²) in [5, 5.41) is 17.3. The van der Waals surface area contributed by atoms with Crippen LogP contribution in [0.3, 0.4) is 0 Å². The first kappa shape index (κ1) is 45.5. The molecule has 0 radical (unpaired) electrons. The van der Waals surface area contributed by atoms with Gasteiger partial charge in [0, 0.05) is 67.5 Å². The van der Waals surface area contributed by atoms with Crippen molar-refractivity contribution in [3.8, 4) is 5.75 Å². The summed E-state index contributed by atoms with van der Waals surface area (Å²) in [5.41, 5.74) is 1.74. The van der Waals surface area contributed by atoms with Crippen LogP contribution in [0.2, 0.25) is 5.02 Å². The number of hydrogen-bond acceptors (Lipinski definition) is 13. The van der Waals surface area contributed by atoms with E-state index < -0.39 is 23.2 Å². The van der Waals surface area contributed by atoms with Crippen LogP contribution in [0.25, 0.3) is 0 Å². The van der Waals surface area contributed by atoms with Crippen LogP contribution in [0, 0.1) is 11.2 Å². The van der Waals surface area contributed by atoms with Crippen molar-refractivity contribution in [1.29, 1.82) is 0 Å². The number of aromatic nitrogens is 2. The number of carbonyl (C=O) groups excluding carboxylic acids is 5. The lowest BCUT2D eigenvalue weighted by Crippen LogP contribution is -2.52. The molecule has 5 amide bonds. The average Bonchev–Trinajstić information content (AvgIpc) is 3.90. The normalized spacial score (nSPS) is 19.7. The maximum absolute atomic E-state index is 14.6. The molecule has 334 valence electrons. The third-order valence-electron chi connectivity index (χ3n) is 11.2. The van der Waals surface area contributed by atoms with E-state index in [0.717, 1.165) is 10.8 Å². The Balaban J connectivity index is 0.778. The molecule has 1 aliphatic carbocycles. The van der Waals surface area contributed by atoms with Gasteiger partial charge in [0.2, 0.25) is 23.6 Å². The zero-order valence-electron chi connectivity index (χ0n) is 34.6. The van der Waals surface area contributed by atoms with Gasteiger partial charge in [-0.2, -0.15) is 0 Å². The van der Waals surface area contributed by atoms with Crippen LogP contribution in [-0.2, 0) is 41.6 Å². The Bertz CT molecular complexity index is 2260. The number of amides is 5. The van der Waals surface area contributed by atoms with Crippen molar-refractivity contribution in [3.63, 3.8) is 0 Å². The Morgan fingerprint density at radius 3 is 2.57 bits per heavy atom. The molecule has 19 heteroatoms. The molecule has 5 N–H and O–H groups in total. The average molecular weight is 905 g/mol. The van der Waals surface area contributed by atoms with Crippen molar-refractivity contribution in [2.45, 2.75) is 70.1 Å². The number of imide groups is 1. The van der Waals surface area contributed by atoms with Gasteiger partial charge in [-0.3, -0.25) is 29.3 Å². The number of piperidine rings is 1. The molecule has 1 atom stereocenters. The minimum Gasteiger partial charge on any atom is -0.487 e. The fourth-order valence-corrected chi connectivity index (χ4v) is 8.68. The second-order valence-electron chi connectivity index (χ2n) is 15.6. The van der Waals surface area contributed by atoms with Gasteiger partial charge in [0.25, 0.3) is 5.91 Å². The number of rotatable bonds is 21. The maximum atomic E-state index is 14.6. The first-order valence-electron chi connectivity index (χ1n) is 21.0. The van der Waals surface area contributed by atoms with E-state index in [4.69, 9.17) is 30.8 Å². The Morgan fingerprint density at radius 2 is 1.78 bits per heavy atom. The number of pyridine rings is 1. The summed E-state index contributed by atoms with van der Waals surface area (Å²) < 4.78 is 31.9. The van der Waals surface area contributed by atoms with Gasteiger partial charge in [-0.25, -0.2) is 14.4 Å². The standard InChI is InChI=1S/C44H50ClFN8O8S/c45-33-4-2-5-35(39(33)46)62-31-11-14-44(15-12-31,26-30-3-1-6-36(50-30)52-43-49-19-24-63-43)42(59)48-17-16-47-18-21-61-23-22-60-20-13-38(56)51-29-7-8-32-28(25-29)27-54(41(32)58)34-9-10-37(55)53-40(34)57/h1-8,19,24-25,31,34,47H,9-18,20-23,26-27H2,(H,48,59)(H,51,56)(H,49,50,52)(H,53,55,57)/t31-,34?,44-. The summed E-state index contributed by atoms with van der Waals surface area (Å²) >= 11 is 7.44.